The molecule has 0 bridgehead atoms. The van der Waals surface area contributed by atoms with Gasteiger partial charge in [-0.25, -0.2) is 8.42 Å². The van der Waals surface area contributed by atoms with Crippen molar-refractivity contribution in [1.82, 2.24) is 0 Å². The number of hydrogen-bond acceptors (Lipinski definition) is 3. The summed E-state index contributed by atoms with van der Waals surface area (Å²) in [6.45, 7) is 9.83. The van der Waals surface area contributed by atoms with Gasteiger partial charge in [0, 0.05) is 5.69 Å². The van der Waals surface area contributed by atoms with Crippen molar-refractivity contribution in [3.63, 3.8) is 0 Å². The number of nitrogens with zero attached hydrogens (tertiary/aromatic N) is 1. The zero-order chi connectivity index (χ0) is 21.1. The first-order valence-corrected chi connectivity index (χ1v) is 11.4. The highest BCUT2D eigenvalue weighted by molar-refractivity contribution is 7.92. The van der Waals surface area contributed by atoms with E-state index < -0.39 is 16.1 Å². The second-order valence-corrected chi connectivity index (χ2v) is 9.36. The average Bonchev–Trinajstić information content (AvgIpc) is 2.61. The van der Waals surface area contributed by atoms with E-state index >= 15 is 0 Å². The lowest BCUT2D eigenvalue weighted by molar-refractivity contribution is -0.117. The van der Waals surface area contributed by atoms with Crippen LogP contribution in [0.25, 0.3) is 0 Å². The molecule has 2 aromatic rings. The molecule has 1 atom stereocenters. The molecule has 0 radical (unpaired) electrons. The first-order chi connectivity index (χ1) is 13.1. The number of rotatable bonds is 7. The molecule has 0 saturated heterocycles. The van der Waals surface area contributed by atoms with E-state index in [9.17, 15) is 13.2 Å². The maximum Gasteiger partial charge on any atom is 0.248 e. The normalized spacial score (nSPS) is 12.7. The fourth-order valence-electron chi connectivity index (χ4n) is 3.30. The number of amides is 1. The number of nitrogens with one attached hydrogen (secondary N) is 1. The Morgan fingerprint density at radius 2 is 1.68 bits per heavy atom. The molecule has 0 aliphatic rings. The molecule has 0 spiro atoms. The van der Waals surface area contributed by atoms with Gasteiger partial charge in [0.15, 0.2) is 0 Å². The Morgan fingerprint density at radius 1 is 1.07 bits per heavy atom. The van der Waals surface area contributed by atoms with Crippen molar-refractivity contribution in [3.05, 3.63) is 59.2 Å². The molecular formula is C22H30N2O3S. The highest BCUT2D eigenvalue weighted by Gasteiger charge is 2.32. The van der Waals surface area contributed by atoms with Gasteiger partial charge in [-0.2, -0.15) is 0 Å². The lowest BCUT2D eigenvalue weighted by atomic mass is 9.98. The van der Waals surface area contributed by atoms with E-state index in [4.69, 9.17) is 0 Å². The monoisotopic (exact) mass is 402 g/mol. The van der Waals surface area contributed by atoms with E-state index in [2.05, 4.69) is 19.2 Å². The van der Waals surface area contributed by atoms with Crippen LogP contribution in [-0.2, 0) is 14.8 Å². The van der Waals surface area contributed by atoms with Crippen molar-refractivity contribution < 1.29 is 13.2 Å². The van der Waals surface area contributed by atoms with E-state index in [0.717, 1.165) is 28.6 Å². The third-order valence-corrected chi connectivity index (χ3v) is 5.97. The van der Waals surface area contributed by atoms with Crippen LogP contribution < -0.4 is 9.62 Å². The van der Waals surface area contributed by atoms with Crippen molar-refractivity contribution >= 4 is 27.3 Å². The van der Waals surface area contributed by atoms with Crippen molar-refractivity contribution in [1.29, 1.82) is 0 Å². The molecule has 2 rings (SSSR count). The van der Waals surface area contributed by atoms with Gasteiger partial charge in [-0.3, -0.25) is 9.10 Å². The summed E-state index contributed by atoms with van der Waals surface area (Å²) in [6, 6.07) is 12.2. The SMILES string of the molecule is CCC(C(=O)Nc1c(C)cccc1C(C)C)N(c1ccc(C)cc1)S(C)(=O)=O. The van der Waals surface area contributed by atoms with E-state index in [0.29, 0.717) is 12.1 Å². The standard InChI is InChI=1S/C22H30N2O3S/c1-7-20(24(28(6,26)27)18-13-11-16(4)12-14-18)22(25)23-21-17(5)9-8-10-19(21)15(2)3/h8-15,20H,7H2,1-6H3,(H,23,25). The Hall–Kier alpha value is -2.34. The molecule has 0 saturated carbocycles. The van der Waals surface area contributed by atoms with Crippen molar-refractivity contribution in [2.24, 2.45) is 0 Å². The van der Waals surface area contributed by atoms with Crippen LogP contribution in [0.2, 0.25) is 0 Å². The van der Waals surface area contributed by atoms with Crippen LogP contribution in [0.15, 0.2) is 42.5 Å². The Kier molecular flexibility index (Phi) is 6.88. The van der Waals surface area contributed by atoms with Gasteiger partial charge in [0.1, 0.15) is 6.04 Å². The largest absolute Gasteiger partial charge is 0.324 e. The predicted octanol–water partition coefficient (Wildman–Crippen LogP) is 4.61. The number of para-hydroxylation sites is 1. The smallest absolute Gasteiger partial charge is 0.248 e. The molecule has 0 aromatic heterocycles. The molecule has 5 nitrogen and oxygen atoms in total. The molecule has 6 heteroatoms. The maximum absolute atomic E-state index is 13.2. The highest BCUT2D eigenvalue weighted by Crippen LogP contribution is 2.29. The molecule has 0 aliphatic heterocycles. The second-order valence-electron chi connectivity index (χ2n) is 7.50. The van der Waals surface area contributed by atoms with E-state index in [1.807, 2.05) is 51.1 Å². The van der Waals surface area contributed by atoms with Crippen LogP contribution in [0.3, 0.4) is 0 Å². The van der Waals surface area contributed by atoms with Crippen molar-refractivity contribution in [2.45, 2.75) is 53.0 Å². The minimum Gasteiger partial charge on any atom is -0.324 e. The maximum atomic E-state index is 13.2. The molecule has 1 N–H and O–H groups in total. The van der Waals surface area contributed by atoms with Gasteiger partial charge < -0.3 is 5.32 Å². The number of aryl methyl sites for hydroxylation is 2. The minimum absolute atomic E-state index is 0.235. The van der Waals surface area contributed by atoms with Gasteiger partial charge in [-0.05, 0) is 49.4 Å². The van der Waals surface area contributed by atoms with Crippen LogP contribution in [-0.4, -0.2) is 26.6 Å². The number of carbonyl (C=O) groups excluding carboxylic acids is 1. The predicted molar refractivity (Wildman–Crippen MR) is 116 cm³/mol. The van der Waals surface area contributed by atoms with Crippen LogP contribution >= 0.6 is 0 Å². The van der Waals surface area contributed by atoms with Gasteiger partial charge in [-0.15, -0.1) is 0 Å². The van der Waals surface area contributed by atoms with Gasteiger partial charge in [-0.1, -0.05) is 56.7 Å². The molecule has 0 fully saturated rings. The molecule has 2 aromatic carbocycles. The minimum atomic E-state index is -3.64. The Balaban J connectivity index is 2.45. The molecule has 0 heterocycles. The van der Waals surface area contributed by atoms with Gasteiger partial charge in [0.25, 0.3) is 0 Å². The van der Waals surface area contributed by atoms with Crippen LogP contribution in [0.4, 0.5) is 11.4 Å². The summed E-state index contributed by atoms with van der Waals surface area (Å²) in [5, 5.41) is 3.00. The topological polar surface area (TPSA) is 66.5 Å². The zero-order valence-corrected chi connectivity index (χ0v) is 18.3. The zero-order valence-electron chi connectivity index (χ0n) is 17.5. The average molecular weight is 403 g/mol. The summed E-state index contributed by atoms with van der Waals surface area (Å²) in [6.07, 6.45) is 1.49. The second kappa shape index (κ2) is 8.78. The molecule has 0 aliphatic carbocycles. The van der Waals surface area contributed by atoms with Crippen molar-refractivity contribution in [2.75, 3.05) is 15.9 Å². The fourth-order valence-corrected chi connectivity index (χ4v) is 4.51. The van der Waals surface area contributed by atoms with Gasteiger partial charge >= 0.3 is 0 Å². The third-order valence-electron chi connectivity index (χ3n) is 4.79. The quantitative estimate of drug-likeness (QED) is 0.735. The Morgan fingerprint density at radius 3 is 2.18 bits per heavy atom. The number of anilines is 2. The summed E-state index contributed by atoms with van der Waals surface area (Å²) >= 11 is 0. The van der Waals surface area contributed by atoms with E-state index in [-0.39, 0.29) is 11.8 Å². The van der Waals surface area contributed by atoms with Gasteiger partial charge in [0.2, 0.25) is 15.9 Å². The summed E-state index contributed by atoms with van der Waals surface area (Å²) in [7, 11) is -3.64. The Labute approximate surface area is 168 Å². The fraction of sp³-hybridized carbons (Fsp3) is 0.409. The van der Waals surface area contributed by atoms with Crippen molar-refractivity contribution in [3.8, 4) is 0 Å². The summed E-state index contributed by atoms with van der Waals surface area (Å²) in [5.74, 6) is -0.0944. The van der Waals surface area contributed by atoms with Gasteiger partial charge in [0.05, 0.1) is 11.9 Å². The van der Waals surface area contributed by atoms with Crippen LogP contribution in [0, 0.1) is 13.8 Å². The number of carbonyl (C=O) groups is 1. The summed E-state index contributed by atoms with van der Waals surface area (Å²) in [4.78, 5) is 13.2. The first kappa shape index (κ1) is 22.0. The molecule has 1 unspecified atom stereocenters. The number of hydrogen-bond donors (Lipinski definition) is 1. The van der Waals surface area contributed by atoms with Crippen LogP contribution in [0.1, 0.15) is 49.8 Å². The third kappa shape index (κ3) is 4.93. The summed E-state index contributed by atoms with van der Waals surface area (Å²) < 4.78 is 26.3. The number of benzene rings is 2. The first-order valence-electron chi connectivity index (χ1n) is 9.52. The highest BCUT2D eigenvalue weighted by atomic mass is 32.2. The lowest BCUT2D eigenvalue weighted by Crippen LogP contribution is -2.47. The van der Waals surface area contributed by atoms with Crippen LogP contribution in [0.5, 0.6) is 0 Å². The van der Waals surface area contributed by atoms with E-state index in [1.165, 1.54) is 4.31 Å². The summed E-state index contributed by atoms with van der Waals surface area (Å²) in [5.41, 5.74) is 4.26. The van der Waals surface area contributed by atoms with E-state index in [1.54, 1.807) is 12.1 Å². The molecule has 1 amide bonds. The lowest BCUT2D eigenvalue weighted by Gasteiger charge is -2.30. The number of sulfonamides is 1. The molecule has 28 heavy (non-hydrogen) atoms. The molecule has 152 valence electrons. The molecular weight excluding hydrogens is 372 g/mol. The Bertz CT molecular complexity index is 935.